The number of halogens is 2. The number of nitrogens with zero attached hydrogens (tertiary/aromatic N) is 1. The number of hydrogen-bond acceptors (Lipinski definition) is 3. The summed E-state index contributed by atoms with van der Waals surface area (Å²) in [5.74, 6) is 1.81. The van der Waals surface area contributed by atoms with Crippen molar-refractivity contribution in [1.29, 1.82) is 0 Å². The molecule has 35 heavy (non-hydrogen) atoms. The van der Waals surface area contributed by atoms with Crippen LogP contribution < -0.4 is 6.64 Å². The molecule has 0 unspecified atom stereocenters. The molecule has 1 heterocycles. The van der Waals surface area contributed by atoms with Crippen LogP contribution in [0.25, 0.3) is 0 Å². The largest absolute Gasteiger partial charge is 0.147 e. The fourth-order valence-electron chi connectivity index (χ4n) is 3.73. The third-order valence-electron chi connectivity index (χ3n) is 5.49. The Labute approximate surface area is 230 Å². The Balaban J connectivity index is 0.00000306. The Kier molecular flexibility index (Phi) is 11.2. The monoisotopic (exact) mass is 551 g/mol. The normalized spacial score (nSPS) is 11.1. The zero-order chi connectivity index (χ0) is 24.4. The standard InChI is InChI=1S/2C11H16O.C7H7N.2ClH.Ti/c2*1-8-5-6-10(12)9(7-8)11(2,3)4;1-6-3-7(2)5-8-4-6;;;/h2*5-7,12H,1-4H3;1,3-5H,2H3;2*1H;/q;;;;;+2/p-2. The van der Waals surface area contributed by atoms with E-state index >= 15 is 0 Å². The van der Waals surface area contributed by atoms with Gasteiger partial charge in [-0.1, -0.05) is 0 Å². The van der Waals surface area contributed by atoms with Crippen LogP contribution in [0.2, 0.25) is 0 Å². The van der Waals surface area contributed by atoms with E-state index in [4.69, 9.17) is 6.64 Å². The van der Waals surface area contributed by atoms with E-state index in [0.29, 0.717) is 0 Å². The Morgan fingerprint density at radius 1 is 0.657 bits per heavy atom. The summed E-state index contributed by atoms with van der Waals surface area (Å²) in [7, 11) is 0. The van der Waals surface area contributed by atoms with E-state index in [-0.39, 0.29) is 35.6 Å². The van der Waals surface area contributed by atoms with E-state index in [9.17, 15) is 0 Å². The van der Waals surface area contributed by atoms with Crippen molar-refractivity contribution in [2.75, 3.05) is 0 Å². The van der Waals surface area contributed by atoms with E-state index in [1.807, 2.05) is 12.4 Å². The van der Waals surface area contributed by atoms with Gasteiger partial charge in [0.1, 0.15) is 0 Å². The number of aromatic nitrogens is 1. The first-order valence-corrected chi connectivity index (χ1v) is 13.7. The van der Waals surface area contributed by atoms with Gasteiger partial charge in [-0.2, -0.15) is 0 Å². The topological polar surface area (TPSA) is 31.4 Å². The van der Waals surface area contributed by atoms with Crippen LogP contribution in [0.4, 0.5) is 0 Å². The predicted octanol–water partition coefficient (Wildman–Crippen LogP) is 8.20. The minimum absolute atomic E-state index is 0. The van der Waals surface area contributed by atoms with E-state index < -0.39 is 18.2 Å². The molecule has 3 aromatic rings. The number of aryl methyl sites for hydroxylation is 3. The van der Waals surface area contributed by atoms with Crippen LogP contribution in [-0.4, -0.2) is 9.30 Å². The molecule has 2 aromatic carbocycles. The maximum absolute atomic E-state index is 6.73. The summed E-state index contributed by atoms with van der Waals surface area (Å²) >= 11 is -2.67. The molecule has 3 rings (SSSR count). The second kappa shape index (κ2) is 12.5. The number of benzene rings is 2. The smallest absolute Gasteiger partial charge is 0.147 e. The molecule has 0 aliphatic carbocycles. The number of hydrogen-bond donors (Lipinski definition) is 0. The third-order valence-corrected chi connectivity index (χ3v) is 7.69. The minimum Gasteiger partial charge on any atom is -0.147 e. The summed E-state index contributed by atoms with van der Waals surface area (Å²) in [5, 5.41) is 0. The summed E-state index contributed by atoms with van der Waals surface area (Å²) in [6, 6.07) is 15.0. The number of rotatable bonds is 5. The molecule has 190 valence electrons. The van der Waals surface area contributed by atoms with Crippen LogP contribution in [0.3, 0.4) is 0 Å². The SMILES string of the molecule is Cc1cncc([CH]=[Ti]([O]c2ccc(C)cc2C(C)(C)C)[O]c2ccc(C)cc2C(C)(C)C)c1.Cl.Cl. The number of pyridine rings is 1. The maximum Gasteiger partial charge on any atom is -0.147 e. The van der Waals surface area contributed by atoms with Gasteiger partial charge in [0, 0.05) is 0 Å². The first-order valence-electron chi connectivity index (χ1n) is 11.5. The molecule has 0 aliphatic rings. The Bertz CT molecular complexity index is 1110. The van der Waals surface area contributed by atoms with Crippen molar-refractivity contribution in [1.82, 2.24) is 4.98 Å². The van der Waals surface area contributed by atoms with E-state index in [1.165, 1.54) is 22.3 Å². The van der Waals surface area contributed by atoms with Gasteiger partial charge in [-0.25, -0.2) is 0 Å². The van der Waals surface area contributed by atoms with Crippen LogP contribution in [0.15, 0.2) is 54.9 Å². The Morgan fingerprint density at radius 3 is 1.51 bits per heavy atom. The molecule has 0 amide bonds. The molecule has 6 heteroatoms. The first-order chi connectivity index (χ1) is 15.3. The fourth-order valence-corrected chi connectivity index (χ4v) is 5.88. The van der Waals surface area contributed by atoms with Crippen molar-refractivity contribution in [3.8, 4) is 11.5 Å². The summed E-state index contributed by atoms with van der Waals surface area (Å²) in [6.07, 6.45) is 3.75. The van der Waals surface area contributed by atoms with Gasteiger partial charge in [-0.05, 0) is 0 Å². The molecule has 0 spiro atoms. The summed E-state index contributed by atoms with van der Waals surface area (Å²) < 4.78 is 15.6. The summed E-state index contributed by atoms with van der Waals surface area (Å²) in [4.78, 5) is 4.37. The van der Waals surface area contributed by atoms with Crippen molar-refractivity contribution < 1.29 is 24.8 Å². The van der Waals surface area contributed by atoms with E-state index in [1.54, 1.807) is 0 Å². The van der Waals surface area contributed by atoms with Crippen LogP contribution in [0, 0.1) is 20.8 Å². The van der Waals surface area contributed by atoms with Crippen LogP contribution in [-0.2, 0) is 29.0 Å². The molecule has 0 saturated heterocycles. The third kappa shape index (κ3) is 8.75. The van der Waals surface area contributed by atoms with Gasteiger partial charge in [0.05, 0.1) is 0 Å². The zero-order valence-corrected chi connectivity index (χ0v) is 25.5. The van der Waals surface area contributed by atoms with Crippen molar-refractivity contribution in [3.63, 3.8) is 0 Å². The molecule has 0 radical (unpaired) electrons. The van der Waals surface area contributed by atoms with Gasteiger partial charge < -0.3 is 0 Å². The molecule has 0 N–H and O–H groups in total. The molecule has 0 aliphatic heterocycles. The van der Waals surface area contributed by atoms with Gasteiger partial charge in [-0.15, -0.1) is 24.8 Å². The average molecular weight is 552 g/mol. The molecule has 0 saturated carbocycles. The van der Waals surface area contributed by atoms with Crippen molar-refractivity contribution in [2.45, 2.75) is 73.1 Å². The van der Waals surface area contributed by atoms with Gasteiger partial charge in [0.15, 0.2) is 0 Å². The first kappa shape index (κ1) is 31.4. The van der Waals surface area contributed by atoms with Gasteiger partial charge >= 0.3 is 207 Å². The van der Waals surface area contributed by atoms with Gasteiger partial charge in [0.25, 0.3) is 0 Å². The zero-order valence-electron chi connectivity index (χ0n) is 22.4. The molecule has 1 aromatic heterocycles. The molecule has 0 atom stereocenters. The summed E-state index contributed by atoms with van der Waals surface area (Å²) in [6.45, 7) is 19.6. The van der Waals surface area contributed by atoms with Crippen molar-refractivity contribution in [3.05, 3.63) is 88.2 Å². The predicted molar refractivity (Wildman–Crippen MR) is 150 cm³/mol. The minimum atomic E-state index is -2.67. The quantitative estimate of drug-likeness (QED) is 0.299. The molecular formula is C29H39Cl2NO2Ti. The molecular weight excluding hydrogens is 513 g/mol. The fraction of sp³-hybridized carbons (Fsp3) is 0.379. The van der Waals surface area contributed by atoms with Crippen LogP contribution in [0.5, 0.6) is 11.5 Å². The Hall–Kier alpha value is -1.65. The second-order valence-corrected chi connectivity index (χ2v) is 13.0. The van der Waals surface area contributed by atoms with Crippen molar-refractivity contribution in [2.24, 2.45) is 0 Å². The molecule has 3 nitrogen and oxygen atoms in total. The van der Waals surface area contributed by atoms with E-state index in [2.05, 4.69) is 114 Å². The maximum atomic E-state index is 6.73. The van der Waals surface area contributed by atoms with Crippen LogP contribution >= 0.6 is 24.8 Å². The average Bonchev–Trinajstić information content (AvgIpc) is 2.69. The summed E-state index contributed by atoms with van der Waals surface area (Å²) in [5.41, 5.74) is 6.96. The van der Waals surface area contributed by atoms with Gasteiger partial charge in [0.2, 0.25) is 0 Å². The molecule has 0 bridgehead atoms. The second-order valence-electron chi connectivity index (χ2n) is 11.0. The van der Waals surface area contributed by atoms with E-state index in [0.717, 1.165) is 22.6 Å². The Morgan fingerprint density at radius 2 is 1.11 bits per heavy atom. The van der Waals surface area contributed by atoms with Crippen molar-refractivity contribution >= 4 is 29.1 Å². The molecule has 0 fully saturated rings. The van der Waals surface area contributed by atoms with Gasteiger partial charge in [-0.3, -0.25) is 0 Å². The van der Waals surface area contributed by atoms with Crippen LogP contribution in [0.1, 0.15) is 74.9 Å².